The van der Waals surface area contributed by atoms with E-state index in [0.29, 0.717) is 37.5 Å². The molecule has 0 saturated carbocycles. The summed E-state index contributed by atoms with van der Waals surface area (Å²) in [5, 5.41) is 12.4. The van der Waals surface area contributed by atoms with Crippen LogP contribution in [0.4, 0.5) is 14.5 Å². The molecule has 10 nitrogen and oxygen atoms in total. The number of ether oxygens (including phenoxy) is 2. The number of amides is 3. The summed E-state index contributed by atoms with van der Waals surface area (Å²) in [6.07, 6.45) is 3.34. The number of halogens is 2. The number of nitrogens with one attached hydrogen (secondary N) is 1. The molecule has 4 aliphatic heterocycles. The van der Waals surface area contributed by atoms with Crippen LogP contribution in [0.25, 0.3) is 0 Å². The van der Waals surface area contributed by atoms with Crippen molar-refractivity contribution in [3.8, 4) is 17.2 Å². The number of rotatable bonds is 11. The summed E-state index contributed by atoms with van der Waals surface area (Å²) in [4.78, 5) is 43.4. The van der Waals surface area contributed by atoms with E-state index in [1.807, 2.05) is 18.2 Å². The van der Waals surface area contributed by atoms with Gasteiger partial charge in [0.05, 0.1) is 13.2 Å². The van der Waals surface area contributed by atoms with Crippen molar-refractivity contribution in [3.05, 3.63) is 118 Å². The maximum absolute atomic E-state index is 15.5. The fraction of sp³-hybridized carbons (Fsp3) is 0.372. The van der Waals surface area contributed by atoms with Crippen molar-refractivity contribution < 1.29 is 37.7 Å². The monoisotopic (exact) mass is 750 g/mol. The van der Waals surface area contributed by atoms with Crippen LogP contribution in [0, 0.1) is 11.6 Å². The number of nitrogens with zero attached hydrogens (tertiary/aromatic N) is 3. The summed E-state index contributed by atoms with van der Waals surface area (Å²) in [5.41, 5.74) is 5.06. The van der Waals surface area contributed by atoms with Crippen molar-refractivity contribution in [3.63, 3.8) is 0 Å². The first kappa shape index (κ1) is 36.5. The van der Waals surface area contributed by atoms with E-state index < -0.39 is 17.8 Å². The van der Waals surface area contributed by atoms with Crippen LogP contribution in [-0.2, 0) is 16.1 Å². The maximum atomic E-state index is 15.5. The molecule has 2 saturated heterocycles. The Kier molecular flexibility index (Phi) is 10.4. The molecule has 4 heterocycles. The minimum atomic E-state index is -0.618. The van der Waals surface area contributed by atoms with Crippen LogP contribution in [-0.4, -0.2) is 84.6 Å². The van der Waals surface area contributed by atoms with Gasteiger partial charge in [-0.15, -0.1) is 0 Å². The zero-order valence-corrected chi connectivity index (χ0v) is 30.5. The van der Waals surface area contributed by atoms with E-state index in [1.165, 1.54) is 18.2 Å². The van der Waals surface area contributed by atoms with Crippen LogP contribution in [0.2, 0.25) is 0 Å². The van der Waals surface area contributed by atoms with E-state index in [4.69, 9.17) is 9.47 Å². The first-order valence-corrected chi connectivity index (χ1v) is 19.1. The lowest BCUT2D eigenvalue weighted by atomic mass is 9.76. The standard InChI is InChI=1S/C43H44F2N4O6/c44-30-7-4-27(5-8-30)35-26-55-39-24-32(50)10-12-34(39)41(35)28-6-14-38(36(45)23-28)54-21-3-1-2-16-47-17-19-48(20-18-47)31-9-11-33-29(22-31)25-49(43(33)53)37-13-15-40(51)46-42(37)52/h4-12,14,22-24,35,37,41,50H,1-3,13,15-21,25-26H2,(H,46,51,52)/t35-,37?,41-/m1/s1. The van der Waals surface area contributed by atoms with Gasteiger partial charge in [0.2, 0.25) is 11.8 Å². The van der Waals surface area contributed by atoms with Crippen LogP contribution < -0.4 is 19.7 Å². The lowest BCUT2D eigenvalue weighted by Crippen LogP contribution is -2.52. The molecule has 0 spiro atoms. The Labute approximate surface area is 318 Å². The Hall–Kier alpha value is -5.49. The second-order valence-electron chi connectivity index (χ2n) is 14.8. The highest BCUT2D eigenvalue weighted by atomic mass is 19.1. The Morgan fingerprint density at radius 2 is 1.65 bits per heavy atom. The van der Waals surface area contributed by atoms with Gasteiger partial charge in [-0.3, -0.25) is 24.6 Å². The Morgan fingerprint density at radius 3 is 2.44 bits per heavy atom. The number of aromatic hydroxyl groups is 1. The average molecular weight is 751 g/mol. The van der Waals surface area contributed by atoms with Gasteiger partial charge in [0.1, 0.15) is 23.4 Å². The second-order valence-corrected chi connectivity index (χ2v) is 14.8. The van der Waals surface area contributed by atoms with Gasteiger partial charge in [-0.1, -0.05) is 24.3 Å². The van der Waals surface area contributed by atoms with E-state index in [0.717, 1.165) is 79.9 Å². The lowest BCUT2D eigenvalue weighted by Gasteiger charge is -2.36. The zero-order chi connectivity index (χ0) is 38.1. The summed E-state index contributed by atoms with van der Waals surface area (Å²) in [5.74, 6) is -1.24. The van der Waals surface area contributed by atoms with Crippen LogP contribution in [0.5, 0.6) is 17.2 Å². The van der Waals surface area contributed by atoms with Crippen molar-refractivity contribution >= 4 is 23.4 Å². The summed E-state index contributed by atoms with van der Waals surface area (Å²) >= 11 is 0. The predicted octanol–water partition coefficient (Wildman–Crippen LogP) is 6.11. The van der Waals surface area contributed by atoms with Gasteiger partial charge < -0.3 is 24.4 Å². The van der Waals surface area contributed by atoms with Gasteiger partial charge in [-0.25, -0.2) is 8.78 Å². The molecule has 3 atom stereocenters. The number of phenols is 1. The van der Waals surface area contributed by atoms with Crippen LogP contribution in [0.15, 0.2) is 78.9 Å². The number of carbonyl (C=O) groups excluding carboxylic acids is 3. The number of phenolic OH excluding ortho intramolecular Hbond substituents is 1. The van der Waals surface area contributed by atoms with Crippen molar-refractivity contribution in [2.45, 2.75) is 56.5 Å². The predicted molar refractivity (Wildman–Crippen MR) is 201 cm³/mol. The molecule has 286 valence electrons. The Balaban J connectivity index is 0.792. The fourth-order valence-electron chi connectivity index (χ4n) is 8.42. The van der Waals surface area contributed by atoms with Crippen molar-refractivity contribution in [1.82, 2.24) is 15.1 Å². The Bertz CT molecular complexity index is 2090. The molecule has 55 heavy (non-hydrogen) atoms. The Morgan fingerprint density at radius 1 is 0.855 bits per heavy atom. The molecule has 0 bridgehead atoms. The number of carbonyl (C=O) groups is 3. The topological polar surface area (TPSA) is 112 Å². The third-order valence-corrected chi connectivity index (χ3v) is 11.4. The van der Waals surface area contributed by atoms with Crippen LogP contribution in [0.3, 0.4) is 0 Å². The number of fused-ring (bicyclic) bond motifs is 2. The minimum absolute atomic E-state index is 0.0883. The summed E-state index contributed by atoms with van der Waals surface area (Å²) in [7, 11) is 0. The van der Waals surface area contributed by atoms with Crippen LogP contribution in [0.1, 0.15) is 76.6 Å². The molecule has 2 N–H and O–H groups in total. The van der Waals surface area contributed by atoms with Gasteiger partial charge >= 0.3 is 0 Å². The van der Waals surface area contributed by atoms with E-state index in [9.17, 15) is 23.9 Å². The van der Waals surface area contributed by atoms with Crippen molar-refractivity contribution in [2.75, 3.05) is 50.8 Å². The summed E-state index contributed by atoms with van der Waals surface area (Å²) < 4.78 is 41.1. The van der Waals surface area contributed by atoms with E-state index in [1.54, 1.807) is 41.3 Å². The van der Waals surface area contributed by atoms with Gasteiger partial charge in [0, 0.05) is 73.9 Å². The number of piperazine rings is 1. The number of piperidine rings is 1. The molecule has 0 radical (unpaired) electrons. The molecule has 1 unspecified atom stereocenters. The smallest absolute Gasteiger partial charge is 0.255 e. The highest BCUT2D eigenvalue weighted by Crippen LogP contribution is 2.47. The number of anilines is 1. The van der Waals surface area contributed by atoms with E-state index in [-0.39, 0.29) is 47.4 Å². The molecular formula is C43H44F2N4O6. The highest BCUT2D eigenvalue weighted by molar-refractivity contribution is 6.05. The minimum Gasteiger partial charge on any atom is -0.508 e. The number of hydrogen-bond donors (Lipinski definition) is 2. The molecule has 4 aliphatic rings. The molecule has 4 aromatic rings. The van der Waals surface area contributed by atoms with Crippen molar-refractivity contribution in [1.29, 1.82) is 0 Å². The van der Waals surface area contributed by atoms with Crippen molar-refractivity contribution in [2.24, 2.45) is 0 Å². The largest absolute Gasteiger partial charge is 0.508 e. The van der Waals surface area contributed by atoms with Gasteiger partial charge in [-0.2, -0.15) is 0 Å². The quantitative estimate of drug-likeness (QED) is 0.140. The molecule has 3 amide bonds. The fourth-order valence-corrected chi connectivity index (χ4v) is 8.42. The number of hydrogen-bond acceptors (Lipinski definition) is 8. The SMILES string of the molecule is O=C1CCC(N2Cc3cc(N4CCN(CCCCCOc5ccc([C@@H]6c7ccc(O)cc7OC[C@@H]6c6ccc(F)cc6)cc5F)CC4)ccc3C2=O)C(=O)N1. The molecule has 4 aromatic carbocycles. The normalized spacial score (nSPS) is 21.2. The second kappa shape index (κ2) is 15.7. The maximum Gasteiger partial charge on any atom is 0.255 e. The number of imide groups is 1. The summed E-state index contributed by atoms with van der Waals surface area (Å²) in [6.45, 7) is 5.63. The molecule has 0 aliphatic carbocycles. The highest BCUT2D eigenvalue weighted by Gasteiger charge is 2.39. The molecule has 0 aromatic heterocycles. The zero-order valence-electron chi connectivity index (χ0n) is 30.5. The first-order chi connectivity index (χ1) is 26.7. The van der Waals surface area contributed by atoms with Crippen LogP contribution >= 0.6 is 0 Å². The van der Waals surface area contributed by atoms with E-state index >= 15 is 4.39 Å². The molecule has 12 heteroatoms. The number of unbranched alkanes of at least 4 members (excludes halogenated alkanes) is 2. The number of benzene rings is 4. The molecule has 8 rings (SSSR count). The average Bonchev–Trinajstić information content (AvgIpc) is 3.51. The third kappa shape index (κ3) is 7.73. The molecule has 2 fully saturated rings. The third-order valence-electron chi connectivity index (χ3n) is 11.4. The lowest BCUT2D eigenvalue weighted by molar-refractivity contribution is -0.136. The summed E-state index contributed by atoms with van der Waals surface area (Å²) in [6, 6.07) is 21.6. The van der Waals surface area contributed by atoms with Gasteiger partial charge in [0.15, 0.2) is 11.6 Å². The molecular weight excluding hydrogens is 706 g/mol. The first-order valence-electron chi connectivity index (χ1n) is 19.1. The van der Waals surface area contributed by atoms with Gasteiger partial charge in [-0.05, 0) is 97.4 Å². The van der Waals surface area contributed by atoms with Gasteiger partial charge in [0.25, 0.3) is 5.91 Å². The van der Waals surface area contributed by atoms with E-state index in [2.05, 4.69) is 21.2 Å².